The molecule has 23 nitrogen and oxygen atoms in total. The van der Waals surface area contributed by atoms with Gasteiger partial charge in [-0.25, -0.2) is 0 Å². The van der Waals surface area contributed by atoms with Gasteiger partial charge in [0.2, 0.25) is 65.0 Å². The maximum atomic E-state index is 14.7. The van der Waals surface area contributed by atoms with Crippen molar-refractivity contribution in [1.82, 2.24) is 56.0 Å². The van der Waals surface area contributed by atoms with Crippen LogP contribution in [0.4, 0.5) is 0 Å². The Morgan fingerprint density at radius 3 is 1.62 bits per heavy atom. The molecule has 3 rings (SSSR count). The van der Waals surface area contributed by atoms with E-state index in [1.165, 1.54) is 70.7 Å². The third-order valence-electron chi connectivity index (χ3n) is 17.0. The molecule has 2 aromatic carbocycles. The number of aliphatic hydroxyl groups is 1. The minimum Gasteiger partial charge on any atom is -0.391 e. The predicted octanol–water partition coefficient (Wildman–Crippen LogP) is 4.55. The van der Waals surface area contributed by atoms with Gasteiger partial charge in [-0.2, -0.15) is 0 Å². The summed E-state index contributed by atoms with van der Waals surface area (Å²) in [5.74, 6) is -7.29. The molecule has 0 aromatic heterocycles. The summed E-state index contributed by atoms with van der Waals surface area (Å²) in [6.45, 7) is 27.1. The van der Waals surface area contributed by atoms with Crippen LogP contribution in [0.1, 0.15) is 151 Å². The number of benzene rings is 2. The number of carbonyl (C=O) groups is 11. The molecular weight excluding hydrogens is 1190 g/mol. The second-order valence-electron chi connectivity index (χ2n) is 27.3. The van der Waals surface area contributed by atoms with Crippen LogP contribution in [0.5, 0.6) is 0 Å². The Balaban J connectivity index is 1.75. The number of hydrogen-bond donors (Lipinski definition) is 6. The van der Waals surface area contributed by atoms with E-state index in [-0.39, 0.29) is 68.1 Å². The first-order valence-electron chi connectivity index (χ1n) is 33.0. The van der Waals surface area contributed by atoms with Crippen LogP contribution in [-0.2, 0) is 65.6 Å². The highest BCUT2D eigenvalue weighted by Crippen LogP contribution is 2.22. The maximum Gasteiger partial charge on any atom is 0.248 e. The number of aliphatic hydroxyl groups excluding tert-OH is 1. The molecule has 0 aliphatic carbocycles. The lowest BCUT2D eigenvalue weighted by atomic mass is 9.96. The van der Waals surface area contributed by atoms with Crippen molar-refractivity contribution in [2.45, 2.75) is 215 Å². The predicted molar refractivity (Wildman–Crippen MR) is 359 cm³/mol. The van der Waals surface area contributed by atoms with Crippen molar-refractivity contribution in [3.05, 3.63) is 83.4 Å². The molecule has 0 unspecified atom stereocenters. The summed E-state index contributed by atoms with van der Waals surface area (Å²) in [6, 6.07) is 6.50. The Morgan fingerprint density at radius 1 is 0.527 bits per heavy atom. The van der Waals surface area contributed by atoms with E-state index in [4.69, 9.17) is 0 Å². The number of nitrogens with zero attached hydrogens (tertiary/aromatic N) is 6. The third-order valence-corrected chi connectivity index (χ3v) is 17.0. The number of hydrogen-bond acceptors (Lipinski definition) is 12. The Morgan fingerprint density at radius 2 is 1.08 bits per heavy atom. The molecule has 11 amide bonds. The number of amides is 11. The second kappa shape index (κ2) is 37.9. The zero-order valence-corrected chi connectivity index (χ0v) is 58.8. The van der Waals surface area contributed by atoms with Crippen LogP contribution in [0.3, 0.4) is 0 Å². The van der Waals surface area contributed by atoms with E-state index in [0.29, 0.717) is 19.5 Å². The van der Waals surface area contributed by atoms with Gasteiger partial charge in [-0.3, -0.25) is 52.7 Å². The number of nitrogens with one attached hydrogen (secondary N) is 5. The number of likely N-dealkylation sites (tertiary alicyclic amines) is 1. The van der Waals surface area contributed by atoms with Gasteiger partial charge in [-0.05, 0) is 114 Å². The molecule has 10 atom stereocenters. The van der Waals surface area contributed by atoms with Gasteiger partial charge in [0.25, 0.3) is 0 Å². The Bertz CT molecular complexity index is 2870. The van der Waals surface area contributed by atoms with Gasteiger partial charge in [0.05, 0.1) is 12.6 Å². The summed E-state index contributed by atoms with van der Waals surface area (Å²) >= 11 is 0. The molecule has 0 bridgehead atoms. The Kier molecular flexibility index (Phi) is 32.4. The Labute approximate surface area is 553 Å². The van der Waals surface area contributed by atoms with Crippen molar-refractivity contribution in [3.8, 4) is 0 Å². The van der Waals surface area contributed by atoms with Gasteiger partial charge >= 0.3 is 0 Å². The first-order chi connectivity index (χ1) is 43.5. The van der Waals surface area contributed by atoms with Gasteiger partial charge in [-0.15, -0.1) is 6.58 Å². The highest BCUT2D eigenvalue weighted by molar-refractivity contribution is 5.98. The molecule has 0 saturated carbocycles. The molecule has 23 heteroatoms. The molecule has 1 aliphatic heterocycles. The smallest absolute Gasteiger partial charge is 0.248 e. The summed E-state index contributed by atoms with van der Waals surface area (Å²) < 4.78 is 0. The lowest BCUT2D eigenvalue weighted by Crippen LogP contribution is -2.61. The van der Waals surface area contributed by atoms with Crippen molar-refractivity contribution in [2.75, 3.05) is 54.9 Å². The molecule has 6 N–H and O–H groups in total. The summed E-state index contributed by atoms with van der Waals surface area (Å²) in [5, 5.41) is 24.8. The molecule has 0 spiro atoms. The lowest BCUT2D eigenvalue weighted by molar-refractivity contribution is -0.153. The minimum absolute atomic E-state index is 0.0604. The lowest BCUT2D eigenvalue weighted by Gasteiger charge is -2.38. The van der Waals surface area contributed by atoms with E-state index >= 15 is 0 Å². The fourth-order valence-electron chi connectivity index (χ4n) is 11.5. The molecule has 93 heavy (non-hydrogen) atoms. The summed E-state index contributed by atoms with van der Waals surface area (Å²) in [4.78, 5) is 163. The molecule has 1 aliphatic rings. The number of rotatable bonds is 35. The molecule has 2 aromatic rings. The molecule has 0 radical (unpaired) electrons. The summed E-state index contributed by atoms with van der Waals surface area (Å²) in [5.41, 5.74) is 3.48. The zero-order chi connectivity index (χ0) is 70.3. The fraction of sp³-hybridized carbons (Fsp3) is 0.643. The molecular formula is C70H111N11O12. The average Bonchev–Trinajstić information content (AvgIpc) is 1.03. The van der Waals surface area contributed by atoms with Crippen molar-refractivity contribution in [3.63, 3.8) is 0 Å². The largest absolute Gasteiger partial charge is 0.391 e. The topological polar surface area (TPSA) is 288 Å². The quantitative estimate of drug-likeness (QED) is 0.0519. The van der Waals surface area contributed by atoms with Crippen molar-refractivity contribution in [2.24, 2.45) is 23.7 Å². The number of carbonyl (C=O) groups excluding carboxylic acids is 11. The number of likely N-dealkylation sites (N-methyl/N-ethyl adjacent to an activating group) is 5. The van der Waals surface area contributed by atoms with Gasteiger partial charge in [0.15, 0.2) is 0 Å². The summed E-state index contributed by atoms with van der Waals surface area (Å²) in [7, 11) is 7.02. The zero-order valence-electron chi connectivity index (χ0n) is 58.8. The van der Waals surface area contributed by atoms with Crippen LogP contribution in [0.2, 0.25) is 0 Å². The number of aryl methyl sites for hydroxylation is 1. The van der Waals surface area contributed by atoms with Crippen LogP contribution < -0.4 is 26.6 Å². The van der Waals surface area contributed by atoms with E-state index in [2.05, 4.69) is 33.2 Å². The first kappa shape index (κ1) is 79.5. The Hall–Kier alpha value is -7.69. The van der Waals surface area contributed by atoms with E-state index in [9.17, 15) is 57.8 Å². The molecule has 1 saturated heterocycles. The van der Waals surface area contributed by atoms with Crippen LogP contribution in [-0.4, -0.2) is 215 Å². The molecule has 518 valence electrons. The number of allylic oxidation sites excluding steroid dienone is 1. The SMILES string of the molecule is C=C(C)CCC(=O)N[C@@H](Cc1ccccc1)C(=O)N(C)[C@@H](CC(C)C)C(=O)N(C)[C@H](C(=O)N(C)CC(=O)N[C@H](C(=O)N(C)[C@@H](C)C(=O)N[C@@H](C)C(=O)N(C)[C@@H](CC(C)C)C(=O)N[C@@H](CC(C)C)C(=O)N[C@@H](Cc1cccc(C)c1)C(=O)N1CCCCC1)[C@@H](C)O)C(C)C. The van der Waals surface area contributed by atoms with Gasteiger partial charge in [-0.1, -0.05) is 121 Å². The first-order valence-corrected chi connectivity index (χ1v) is 33.0. The molecule has 1 fully saturated rings. The number of piperidine rings is 1. The minimum atomic E-state index is -1.62. The average molecular weight is 1300 g/mol. The van der Waals surface area contributed by atoms with Crippen LogP contribution in [0.15, 0.2) is 66.7 Å². The third kappa shape index (κ3) is 24.9. The van der Waals surface area contributed by atoms with E-state index < -0.39 is 126 Å². The van der Waals surface area contributed by atoms with Gasteiger partial charge in [0, 0.05) is 67.6 Å². The highest BCUT2D eigenvalue weighted by Gasteiger charge is 2.42. The van der Waals surface area contributed by atoms with E-state index in [1.54, 1.807) is 18.7 Å². The van der Waals surface area contributed by atoms with E-state index in [0.717, 1.165) is 51.3 Å². The van der Waals surface area contributed by atoms with Crippen LogP contribution >= 0.6 is 0 Å². The van der Waals surface area contributed by atoms with E-state index in [1.807, 2.05) is 110 Å². The highest BCUT2D eigenvalue weighted by atomic mass is 16.3. The van der Waals surface area contributed by atoms with Gasteiger partial charge in [0.1, 0.15) is 54.4 Å². The standard InChI is InChI=1S/C70H111N11O12/c1-42(2)31-32-58(83)72-54(39-51-28-22-20-23-29-51)66(89)79(18)57(37-45(7)8)68(91)80(19)61(46(9)10)70(93)76(15)41-59(84)75-60(50(14)82)69(92)77(16)49(13)62(85)71-48(12)65(88)78(17)56(36-44(5)6)64(87)73-53(35-43(3)4)63(86)74-55(40-52-30-26-27-47(11)38-52)67(90)81-33-24-21-25-34-81/h20,22-23,26-30,38,43-46,48-50,53-57,60-61,82H,1,21,24-25,31-37,39-41H2,2-19H3,(H,71,85)(H,72,83)(H,73,87)(H,74,86)(H,75,84)/t48-,49-,50+,53-,54-,55-,56-,57-,60-,61-/m0/s1. The normalized spacial score (nSPS) is 15.6. The maximum absolute atomic E-state index is 14.7. The second-order valence-corrected chi connectivity index (χ2v) is 27.3. The van der Waals surface area contributed by atoms with Crippen LogP contribution in [0, 0.1) is 30.6 Å². The summed E-state index contributed by atoms with van der Waals surface area (Å²) in [6.07, 6.45) is 2.82. The fourth-order valence-corrected chi connectivity index (χ4v) is 11.5. The van der Waals surface area contributed by atoms with Gasteiger partial charge < -0.3 is 61.1 Å². The van der Waals surface area contributed by atoms with Crippen LogP contribution in [0.25, 0.3) is 0 Å². The van der Waals surface area contributed by atoms with Crippen molar-refractivity contribution < 1.29 is 57.8 Å². The molecule has 1 heterocycles. The van der Waals surface area contributed by atoms with Crippen molar-refractivity contribution in [1.29, 1.82) is 0 Å². The monoisotopic (exact) mass is 1300 g/mol. The van der Waals surface area contributed by atoms with Crippen molar-refractivity contribution >= 4 is 65.0 Å².